The molecule has 3 heterocycles. The van der Waals surface area contributed by atoms with Gasteiger partial charge in [0.05, 0.1) is 17.9 Å². The van der Waals surface area contributed by atoms with Crippen LogP contribution in [0.4, 0.5) is 0 Å². The Bertz CT molecular complexity index is 822. The molecule has 5 atom stereocenters. The third-order valence-electron chi connectivity index (χ3n) is 8.03. The summed E-state index contributed by atoms with van der Waals surface area (Å²) in [6.45, 7) is 5.83. The predicted octanol–water partition coefficient (Wildman–Crippen LogP) is 2.44. The maximum Gasteiger partial charge on any atom is 0.246 e. The zero-order valence-corrected chi connectivity index (χ0v) is 19.6. The number of carbonyl (C=O) groups excluding carboxylic acids is 3. The molecular formula is C25H37N3O4. The van der Waals surface area contributed by atoms with E-state index in [1.807, 2.05) is 32.9 Å². The number of nitrogens with one attached hydrogen (secondary N) is 2. The van der Waals surface area contributed by atoms with Gasteiger partial charge in [0.2, 0.25) is 17.7 Å². The second-order valence-electron chi connectivity index (χ2n) is 11.5. The van der Waals surface area contributed by atoms with Crippen LogP contribution in [0.25, 0.3) is 0 Å². The standard InChI is InChI=1S/C25H37N3O4/c1-24(2,3)27-22(30)20-25-14-13-17(32-25)18(21(29)26-15-9-5-4-6-10-15)19(25)23(31)28(20)16-11-7-8-12-16/h13-20H,4-12H2,1-3H3,(H,26,29)(H,27,30)/t17-,18-,19+,20+,25+/m1/s1. The van der Waals surface area contributed by atoms with E-state index in [2.05, 4.69) is 10.6 Å². The summed E-state index contributed by atoms with van der Waals surface area (Å²) >= 11 is 0. The summed E-state index contributed by atoms with van der Waals surface area (Å²) in [7, 11) is 0. The van der Waals surface area contributed by atoms with Gasteiger partial charge < -0.3 is 20.3 Å². The van der Waals surface area contributed by atoms with E-state index in [0.29, 0.717) is 0 Å². The van der Waals surface area contributed by atoms with E-state index in [9.17, 15) is 14.4 Å². The van der Waals surface area contributed by atoms with Gasteiger partial charge in [0, 0.05) is 17.6 Å². The first-order valence-corrected chi connectivity index (χ1v) is 12.5. The fourth-order valence-electron chi connectivity index (χ4n) is 6.76. The molecule has 176 valence electrons. The molecule has 4 fully saturated rings. The Morgan fingerprint density at radius 2 is 1.69 bits per heavy atom. The molecule has 3 aliphatic heterocycles. The number of amides is 3. The molecule has 0 radical (unpaired) electrons. The molecule has 7 nitrogen and oxygen atoms in total. The minimum atomic E-state index is -1.05. The fourth-order valence-corrected chi connectivity index (χ4v) is 6.76. The van der Waals surface area contributed by atoms with E-state index in [1.54, 1.807) is 4.90 Å². The lowest BCUT2D eigenvalue weighted by Gasteiger charge is -2.37. The molecule has 7 heteroatoms. The van der Waals surface area contributed by atoms with E-state index < -0.39 is 35.1 Å². The smallest absolute Gasteiger partial charge is 0.246 e. The van der Waals surface area contributed by atoms with E-state index in [-0.39, 0.29) is 29.8 Å². The molecular weight excluding hydrogens is 406 g/mol. The van der Waals surface area contributed by atoms with Gasteiger partial charge in [0.15, 0.2) is 0 Å². The zero-order chi connectivity index (χ0) is 22.7. The maximum absolute atomic E-state index is 13.9. The highest BCUT2D eigenvalue weighted by Crippen LogP contribution is 2.56. The normalized spacial score (nSPS) is 37.2. The Labute approximate surface area is 190 Å². The maximum atomic E-state index is 13.9. The first-order chi connectivity index (χ1) is 15.2. The summed E-state index contributed by atoms with van der Waals surface area (Å²) in [4.78, 5) is 42.7. The van der Waals surface area contributed by atoms with Crippen molar-refractivity contribution >= 4 is 17.7 Å². The van der Waals surface area contributed by atoms with Crippen LogP contribution in [0.5, 0.6) is 0 Å². The molecule has 0 aromatic heterocycles. The summed E-state index contributed by atoms with van der Waals surface area (Å²) in [5.41, 5.74) is -1.47. The van der Waals surface area contributed by atoms with Crippen LogP contribution in [-0.2, 0) is 19.1 Å². The minimum absolute atomic E-state index is 0.0382. The highest BCUT2D eigenvalue weighted by Gasteiger charge is 2.73. The number of hydrogen-bond acceptors (Lipinski definition) is 4. The van der Waals surface area contributed by atoms with E-state index >= 15 is 0 Å². The molecule has 2 bridgehead atoms. The van der Waals surface area contributed by atoms with Crippen molar-refractivity contribution in [3.8, 4) is 0 Å². The quantitative estimate of drug-likeness (QED) is 0.654. The SMILES string of the molecule is CC(C)(C)NC(=O)[C@@H]1N(C2CCCC2)C(=O)[C@@H]2[C@H](C(=O)NC3CCCCC3)[C@H]3C=C[C@]21O3. The van der Waals surface area contributed by atoms with Gasteiger partial charge in [-0.05, 0) is 46.5 Å². The molecule has 3 amide bonds. The number of fused-ring (bicyclic) bond motifs is 1. The number of hydrogen-bond donors (Lipinski definition) is 2. The molecule has 2 aliphatic carbocycles. The molecule has 0 aromatic carbocycles. The number of carbonyl (C=O) groups is 3. The Hall–Kier alpha value is -1.89. The van der Waals surface area contributed by atoms with Crippen molar-refractivity contribution in [2.24, 2.45) is 11.8 Å². The van der Waals surface area contributed by atoms with Crippen molar-refractivity contribution in [3.63, 3.8) is 0 Å². The number of ether oxygens (including phenoxy) is 1. The highest BCUT2D eigenvalue weighted by molar-refractivity contribution is 6.00. The lowest BCUT2D eigenvalue weighted by molar-refractivity contribution is -0.144. The molecule has 0 unspecified atom stereocenters. The van der Waals surface area contributed by atoms with Gasteiger partial charge in [0.25, 0.3) is 0 Å². The Morgan fingerprint density at radius 1 is 1.03 bits per heavy atom. The van der Waals surface area contributed by atoms with Crippen molar-refractivity contribution in [3.05, 3.63) is 12.2 Å². The van der Waals surface area contributed by atoms with E-state index in [0.717, 1.165) is 51.4 Å². The number of rotatable bonds is 4. The summed E-state index contributed by atoms with van der Waals surface area (Å²) in [6.07, 6.45) is 12.8. The summed E-state index contributed by atoms with van der Waals surface area (Å²) in [5, 5.41) is 6.31. The summed E-state index contributed by atoms with van der Waals surface area (Å²) in [6, 6.07) is -0.509. The van der Waals surface area contributed by atoms with Crippen molar-refractivity contribution < 1.29 is 19.1 Å². The Kier molecular flexibility index (Phi) is 5.38. The molecule has 5 aliphatic rings. The average molecular weight is 444 g/mol. The third kappa shape index (κ3) is 3.47. The topological polar surface area (TPSA) is 87.7 Å². The zero-order valence-electron chi connectivity index (χ0n) is 19.6. The molecule has 32 heavy (non-hydrogen) atoms. The Balaban J connectivity index is 1.46. The van der Waals surface area contributed by atoms with Crippen LogP contribution in [0.2, 0.25) is 0 Å². The van der Waals surface area contributed by atoms with E-state index in [1.165, 1.54) is 6.42 Å². The predicted molar refractivity (Wildman–Crippen MR) is 120 cm³/mol. The van der Waals surface area contributed by atoms with Gasteiger partial charge >= 0.3 is 0 Å². The van der Waals surface area contributed by atoms with Crippen molar-refractivity contribution in [2.75, 3.05) is 0 Å². The molecule has 2 N–H and O–H groups in total. The van der Waals surface area contributed by atoms with Gasteiger partial charge in [0.1, 0.15) is 11.6 Å². The monoisotopic (exact) mass is 443 g/mol. The average Bonchev–Trinajstić information content (AvgIpc) is 3.48. The van der Waals surface area contributed by atoms with Gasteiger partial charge in [-0.15, -0.1) is 0 Å². The highest BCUT2D eigenvalue weighted by atomic mass is 16.5. The largest absolute Gasteiger partial charge is 0.359 e. The van der Waals surface area contributed by atoms with Crippen LogP contribution in [0.3, 0.4) is 0 Å². The number of nitrogens with zero attached hydrogens (tertiary/aromatic N) is 1. The van der Waals surface area contributed by atoms with Gasteiger partial charge in [-0.3, -0.25) is 14.4 Å². The first kappa shape index (κ1) is 21.9. The van der Waals surface area contributed by atoms with Crippen LogP contribution in [-0.4, -0.2) is 58.0 Å². The molecule has 0 aromatic rings. The van der Waals surface area contributed by atoms with Crippen molar-refractivity contribution in [1.29, 1.82) is 0 Å². The van der Waals surface area contributed by atoms with Crippen molar-refractivity contribution in [1.82, 2.24) is 15.5 Å². The van der Waals surface area contributed by atoms with Gasteiger partial charge in [-0.25, -0.2) is 0 Å². The Morgan fingerprint density at radius 3 is 2.34 bits per heavy atom. The molecule has 5 rings (SSSR count). The van der Waals surface area contributed by atoms with Gasteiger partial charge in [-0.2, -0.15) is 0 Å². The van der Waals surface area contributed by atoms with Crippen LogP contribution < -0.4 is 10.6 Å². The van der Waals surface area contributed by atoms with Crippen LogP contribution in [0.15, 0.2) is 12.2 Å². The van der Waals surface area contributed by atoms with E-state index in [4.69, 9.17) is 4.74 Å². The summed E-state index contributed by atoms with van der Waals surface area (Å²) < 4.78 is 6.42. The van der Waals surface area contributed by atoms with Crippen LogP contribution in [0, 0.1) is 11.8 Å². The summed E-state index contributed by atoms with van der Waals surface area (Å²) in [5.74, 6) is -1.54. The molecule has 1 spiro atoms. The molecule has 2 saturated carbocycles. The lowest BCUT2D eigenvalue weighted by atomic mass is 9.74. The second-order valence-corrected chi connectivity index (χ2v) is 11.5. The molecule has 2 saturated heterocycles. The van der Waals surface area contributed by atoms with Crippen LogP contribution >= 0.6 is 0 Å². The third-order valence-corrected chi connectivity index (χ3v) is 8.03. The second kappa shape index (κ2) is 7.86. The fraction of sp³-hybridized carbons (Fsp3) is 0.800. The minimum Gasteiger partial charge on any atom is -0.359 e. The lowest BCUT2D eigenvalue weighted by Crippen LogP contribution is -2.59. The number of likely N-dealkylation sites (tertiary alicyclic amines) is 1. The van der Waals surface area contributed by atoms with Crippen molar-refractivity contribution in [2.45, 2.75) is 114 Å². The van der Waals surface area contributed by atoms with Gasteiger partial charge in [-0.1, -0.05) is 44.3 Å². The first-order valence-electron chi connectivity index (χ1n) is 12.5. The van der Waals surface area contributed by atoms with Crippen LogP contribution in [0.1, 0.15) is 78.6 Å².